The summed E-state index contributed by atoms with van der Waals surface area (Å²) in [7, 11) is 1.50. The number of benzene rings is 1. The number of carbonyl (C=O) groups excluding carboxylic acids is 1. The molecule has 0 spiro atoms. The summed E-state index contributed by atoms with van der Waals surface area (Å²) in [5.41, 5.74) is 1.96. The van der Waals surface area contributed by atoms with Crippen LogP contribution in [0.25, 0.3) is 0 Å². The fourth-order valence-corrected chi connectivity index (χ4v) is 1.75. The molecule has 0 saturated heterocycles. The average Bonchev–Trinajstić information content (AvgIpc) is 2.43. The number of rotatable bonds is 8. The lowest BCUT2D eigenvalue weighted by Crippen LogP contribution is -2.40. The molecular weight excluding hydrogens is 274 g/mol. The van der Waals surface area contributed by atoms with Gasteiger partial charge in [-0.25, -0.2) is 0 Å². The molecule has 1 amide bonds. The Morgan fingerprint density at radius 1 is 1.29 bits per heavy atom. The maximum Gasteiger partial charge on any atom is 0.323 e. The Hall–Kier alpha value is -2.08. The van der Waals surface area contributed by atoms with Gasteiger partial charge in [0.15, 0.2) is 6.61 Å². The van der Waals surface area contributed by atoms with Crippen molar-refractivity contribution in [1.82, 2.24) is 4.90 Å². The van der Waals surface area contributed by atoms with E-state index in [1.165, 1.54) is 12.0 Å². The number of carboxylic acids is 1. The zero-order chi connectivity index (χ0) is 15.8. The van der Waals surface area contributed by atoms with Crippen LogP contribution < -0.4 is 4.74 Å². The molecule has 0 saturated carbocycles. The van der Waals surface area contributed by atoms with Gasteiger partial charge in [0.1, 0.15) is 12.3 Å². The van der Waals surface area contributed by atoms with Crippen molar-refractivity contribution in [3.63, 3.8) is 0 Å². The van der Waals surface area contributed by atoms with Crippen LogP contribution in [0.5, 0.6) is 5.75 Å². The van der Waals surface area contributed by atoms with Gasteiger partial charge in [-0.15, -0.1) is 0 Å². The molecule has 0 radical (unpaired) electrons. The summed E-state index contributed by atoms with van der Waals surface area (Å²) in [6.45, 7) is 3.77. The highest BCUT2D eigenvalue weighted by Crippen LogP contribution is 2.19. The second-order valence-corrected chi connectivity index (χ2v) is 4.76. The number of methoxy groups -OCH3 is 1. The lowest BCUT2D eigenvalue weighted by Gasteiger charge is -2.20. The number of aryl methyl sites for hydroxylation is 2. The maximum atomic E-state index is 12.0. The fraction of sp³-hybridized carbons (Fsp3) is 0.467. The minimum atomic E-state index is -1.06. The largest absolute Gasteiger partial charge is 0.483 e. The minimum absolute atomic E-state index is 0.193. The van der Waals surface area contributed by atoms with E-state index in [4.69, 9.17) is 14.6 Å². The van der Waals surface area contributed by atoms with Crippen molar-refractivity contribution in [2.45, 2.75) is 13.8 Å². The van der Waals surface area contributed by atoms with Crippen molar-refractivity contribution in [1.29, 1.82) is 0 Å². The van der Waals surface area contributed by atoms with Crippen molar-refractivity contribution in [3.8, 4) is 5.75 Å². The summed E-state index contributed by atoms with van der Waals surface area (Å²) in [5, 5.41) is 8.82. The van der Waals surface area contributed by atoms with Crippen LogP contribution in [0.15, 0.2) is 18.2 Å². The summed E-state index contributed by atoms with van der Waals surface area (Å²) in [5.74, 6) is -0.813. The van der Waals surface area contributed by atoms with Gasteiger partial charge >= 0.3 is 5.97 Å². The van der Waals surface area contributed by atoms with E-state index >= 15 is 0 Å². The molecule has 0 aliphatic heterocycles. The minimum Gasteiger partial charge on any atom is -0.483 e. The van der Waals surface area contributed by atoms with E-state index < -0.39 is 5.97 Å². The molecular formula is C15H21NO5. The highest BCUT2D eigenvalue weighted by molar-refractivity contribution is 5.82. The summed E-state index contributed by atoms with van der Waals surface area (Å²) >= 11 is 0. The third-order valence-electron chi connectivity index (χ3n) is 2.94. The summed E-state index contributed by atoms with van der Waals surface area (Å²) in [4.78, 5) is 24.0. The molecule has 116 valence electrons. The van der Waals surface area contributed by atoms with Crippen LogP contribution >= 0.6 is 0 Å². The zero-order valence-corrected chi connectivity index (χ0v) is 12.6. The molecule has 6 nitrogen and oxygen atoms in total. The van der Waals surface area contributed by atoms with Gasteiger partial charge in [0.05, 0.1) is 6.61 Å². The molecule has 0 unspecified atom stereocenters. The Kier molecular flexibility index (Phi) is 6.68. The lowest BCUT2D eigenvalue weighted by atomic mass is 10.1. The predicted molar refractivity (Wildman–Crippen MR) is 77.5 cm³/mol. The van der Waals surface area contributed by atoms with E-state index in [0.29, 0.717) is 5.75 Å². The fourth-order valence-electron chi connectivity index (χ4n) is 1.75. The number of hydrogen-bond donors (Lipinski definition) is 1. The van der Waals surface area contributed by atoms with Crippen LogP contribution in [0.1, 0.15) is 11.1 Å². The Labute approximate surface area is 124 Å². The predicted octanol–water partition coefficient (Wildman–Crippen LogP) is 1.24. The van der Waals surface area contributed by atoms with Gasteiger partial charge in [-0.1, -0.05) is 12.1 Å². The van der Waals surface area contributed by atoms with Crippen molar-refractivity contribution in [3.05, 3.63) is 29.3 Å². The van der Waals surface area contributed by atoms with Crippen molar-refractivity contribution in [2.24, 2.45) is 0 Å². The number of ether oxygens (including phenoxy) is 2. The first-order valence-corrected chi connectivity index (χ1v) is 6.62. The van der Waals surface area contributed by atoms with Gasteiger partial charge < -0.3 is 19.5 Å². The molecule has 0 aromatic heterocycles. The van der Waals surface area contributed by atoms with Crippen molar-refractivity contribution in [2.75, 3.05) is 33.4 Å². The number of nitrogens with zero attached hydrogens (tertiary/aromatic N) is 1. The van der Waals surface area contributed by atoms with Crippen LogP contribution in [0.2, 0.25) is 0 Å². The summed E-state index contributed by atoms with van der Waals surface area (Å²) in [6, 6.07) is 5.72. The van der Waals surface area contributed by atoms with Crippen LogP contribution in [0.3, 0.4) is 0 Å². The highest BCUT2D eigenvalue weighted by Gasteiger charge is 2.17. The maximum absolute atomic E-state index is 12.0. The highest BCUT2D eigenvalue weighted by atomic mass is 16.5. The van der Waals surface area contributed by atoms with Crippen molar-refractivity contribution >= 4 is 11.9 Å². The van der Waals surface area contributed by atoms with E-state index in [-0.39, 0.29) is 32.2 Å². The van der Waals surface area contributed by atoms with Gasteiger partial charge in [0, 0.05) is 13.7 Å². The molecule has 0 fully saturated rings. The third-order valence-corrected chi connectivity index (χ3v) is 2.94. The Bertz CT molecular complexity index is 501. The number of hydrogen-bond acceptors (Lipinski definition) is 4. The molecule has 1 aromatic rings. The van der Waals surface area contributed by atoms with Gasteiger partial charge in [-0.2, -0.15) is 0 Å². The van der Waals surface area contributed by atoms with E-state index in [2.05, 4.69) is 0 Å². The molecule has 0 aliphatic carbocycles. The Morgan fingerprint density at radius 3 is 2.62 bits per heavy atom. The Balaban J connectivity index is 2.63. The lowest BCUT2D eigenvalue weighted by molar-refractivity contribution is -0.145. The van der Waals surface area contributed by atoms with Crippen LogP contribution in [0, 0.1) is 13.8 Å². The first kappa shape index (κ1) is 17.0. The van der Waals surface area contributed by atoms with E-state index in [1.807, 2.05) is 32.0 Å². The van der Waals surface area contributed by atoms with Gasteiger partial charge in [0.25, 0.3) is 5.91 Å². The summed E-state index contributed by atoms with van der Waals surface area (Å²) in [6.07, 6.45) is 0. The van der Waals surface area contributed by atoms with E-state index in [1.54, 1.807) is 0 Å². The number of amides is 1. The smallest absolute Gasteiger partial charge is 0.323 e. The molecule has 0 aliphatic rings. The number of aliphatic carboxylic acids is 1. The first-order valence-electron chi connectivity index (χ1n) is 6.62. The molecule has 0 bridgehead atoms. The Morgan fingerprint density at radius 2 is 2.00 bits per heavy atom. The molecule has 0 heterocycles. The van der Waals surface area contributed by atoms with Gasteiger partial charge in [-0.3, -0.25) is 9.59 Å². The van der Waals surface area contributed by atoms with Crippen molar-refractivity contribution < 1.29 is 24.2 Å². The van der Waals surface area contributed by atoms with E-state index in [9.17, 15) is 9.59 Å². The molecule has 1 aromatic carbocycles. The monoisotopic (exact) mass is 295 g/mol. The number of carbonyl (C=O) groups is 2. The average molecular weight is 295 g/mol. The second kappa shape index (κ2) is 8.26. The molecule has 0 atom stereocenters. The van der Waals surface area contributed by atoms with Gasteiger partial charge in [-0.05, 0) is 31.0 Å². The molecule has 1 rings (SSSR count). The second-order valence-electron chi connectivity index (χ2n) is 4.76. The van der Waals surface area contributed by atoms with Gasteiger partial charge in [0.2, 0.25) is 0 Å². The zero-order valence-electron chi connectivity index (χ0n) is 12.6. The molecule has 6 heteroatoms. The topological polar surface area (TPSA) is 76.1 Å². The van der Waals surface area contributed by atoms with Crippen LogP contribution in [-0.2, 0) is 14.3 Å². The van der Waals surface area contributed by atoms with Crippen LogP contribution in [0.4, 0.5) is 0 Å². The standard InChI is InChI=1S/C15H21NO5/c1-11-4-5-12(2)13(8-11)21-10-14(17)16(6-7-20-3)9-15(18)19/h4-5,8H,6-7,9-10H2,1-3H3,(H,18,19). The normalized spacial score (nSPS) is 10.2. The SMILES string of the molecule is COCCN(CC(=O)O)C(=O)COc1cc(C)ccc1C. The summed E-state index contributed by atoms with van der Waals surface area (Å²) < 4.78 is 10.4. The molecule has 21 heavy (non-hydrogen) atoms. The third kappa shape index (κ3) is 5.83. The first-order chi connectivity index (χ1) is 9.93. The van der Waals surface area contributed by atoms with Crippen LogP contribution in [-0.4, -0.2) is 55.3 Å². The number of carboxylic acid groups (broad SMARTS) is 1. The quantitative estimate of drug-likeness (QED) is 0.781. The molecule has 1 N–H and O–H groups in total. The van der Waals surface area contributed by atoms with E-state index in [0.717, 1.165) is 11.1 Å².